The average Bonchev–Trinajstić information content (AvgIpc) is 3.26. The molecule has 0 aliphatic heterocycles. The second kappa shape index (κ2) is 10.3. The van der Waals surface area contributed by atoms with E-state index in [0.717, 1.165) is 38.6 Å². The molecule has 3 aromatic rings. The zero-order valence-electron chi connectivity index (χ0n) is 15.5. The van der Waals surface area contributed by atoms with Crippen molar-refractivity contribution in [3.05, 3.63) is 60.0 Å². The number of aromatic amines is 1. The third-order valence-corrected chi connectivity index (χ3v) is 4.33. The highest BCUT2D eigenvalue weighted by Crippen LogP contribution is 2.21. The molecule has 0 saturated heterocycles. The summed E-state index contributed by atoms with van der Waals surface area (Å²) in [5, 5.41) is 8.01. The van der Waals surface area contributed by atoms with Crippen molar-refractivity contribution >= 4 is 40.8 Å². The fourth-order valence-electron chi connectivity index (χ4n) is 3.02. The Morgan fingerprint density at radius 1 is 1.15 bits per heavy atom. The number of nitrogens with one attached hydrogen (secondary N) is 3. The number of para-hydroxylation sites is 1. The zero-order valence-corrected chi connectivity index (χ0v) is 17.8. The van der Waals surface area contributed by atoms with E-state index in [9.17, 15) is 0 Å². The van der Waals surface area contributed by atoms with Crippen LogP contribution in [0, 0.1) is 6.92 Å². The summed E-state index contributed by atoms with van der Waals surface area (Å²) in [7, 11) is 0. The van der Waals surface area contributed by atoms with Gasteiger partial charge in [0.25, 0.3) is 0 Å². The molecule has 2 aromatic heterocycles. The minimum absolute atomic E-state index is 0. The second-order valence-corrected chi connectivity index (χ2v) is 6.17. The lowest BCUT2D eigenvalue weighted by Crippen LogP contribution is -2.39. The summed E-state index contributed by atoms with van der Waals surface area (Å²) < 4.78 is 2.16. The van der Waals surface area contributed by atoms with E-state index < -0.39 is 0 Å². The molecule has 5 nitrogen and oxygen atoms in total. The van der Waals surface area contributed by atoms with E-state index in [2.05, 4.69) is 70.8 Å². The van der Waals surface area contributed by atoms with Crippen LogP contribution in [0.5, 0.6) is 0 Å². The second-order valence-electron chi connectivity index (χ2n) is 6.17. The Morgan fingerprint density at radius 3 is 2.73 bits per heavy atom. The first kappa shape index (κ1) is 20.4. The molecule has 0 aliphatic rings. The quantitative estimate of drug-likeness (QED) is 0.283. The van der Waals surface area contributed by atoms with Crippen molar-refractivity contribution in [2.75, 3.05) is 19.6 Å². The van der Waals surface area contributed by atoms with Gasteiger partial charge in [0, 0.05) is 55.7 Å². The van der Waals surface area contributed by atoms with Gasteiger partial charge in [-0.05, 0) is 43.5 Å². The lowest BCUT2D eigenvalue weighted by molar-refractivity contribution is 0.665. The summed E-state index contributed by atoms with van der Waals surface area (Å²) >= 11 is 0. The van der Waals surface area contributed by atoms with E-state index in [1.165, 1.54) is 22.0 Å². The molecule has 3 rings (SSSR count). The Labute approximate surface area is 172 Å². The standard InChI is InChI=1S/C20H27N5.HI/c1-3-21-20(23-11-14-25-12-4-5-13-25)22-10-9-17-15-24-19-16(2)7-6-8-18(17)19;/h4-8,12-13,15,24H,3,9-11,14H2,1-2H3,(H2,21,22,23);1H. The molecule has 0 aliphatic carbocycles. The van der Waals surface area contributed by atoms with Crippen LogP contribution in [0.1, 0.15) is 18.1 Å². The van der Waals surface area contributed by atoms with Crippen LogP contribution < -0.4 is 10.6 Å². The van der Waals surface area contributed by atoms with Crippen molar-refractivity contribution in [1.29, 1.82) is 0 Å². The van der Waals surface area contributed by atoms with E-state index in [1.807, 2.05) is 12.1 Å². The molecule has 1 aromatic carbocycles. The van der Waals surface area contributed by atoms with Gasteiger partial charge in [0.15, 0.2) is 5.96 Å². The van der Waals surface area contributed by atoms with Gasteiger partial charge in [-0.25, -0.2) is 0 Å². The molecule has 0 saturated carbocycles. The van der Waals surface area contributed by atoms with E-state index in [1.54, 1.807) is 0 Å². The van der Waals surface area contributed by atoms with Gasteiger partial charge in [-0.15, -0.1) is 24.0 Å². The summed E-state index contributed by atoms with van der Waals surface area (Å²) in [6.07, 6.45) is 7.19. The van der Waals surface area contributed by atoms with Gasteiger partial charge in [0.2, 0.25) is 0 Å². The van der Waals surface area contributed by atoms with E-state index in [0.29, 0.717) is 0 Å². The molecule has 0 spiro atoms. The molecule has 2 heterocycles. The van der Waals surface area contributed by atoms with Crippen LogP contribution in [0.25, 0.3) is 10.9 Å². The molecule has 140 valence electrons. The fourth-order valence-corrected chi connectivity index (χ4v) is 3.02. The average molecular weight is 465 g/mol. The maximum Gasteiger partial charge on any atom is 0.191 e. The smallest absolute Gasteiger partial charge is 0.191 e. The molecule has 0 unspecified atom stereocenters. The van der Waals surface area contributed by atoms with Gasteiger partial charge < -0.3 is 20.2 Å². The number of aromatic nitrogens is 2. The third-order valence-electron chi connectivity index (χ3n) is 4.33. The summed E-state index contributed by atoms with van der Waals surface area (Å²) in [5.74, 6) is 0.880. The first-order valence-electron chi connectivity index (χ1n) is 8.96. The third kappa shape index (κ3) is 5.27. The number of halogens is 1. The topological polar surface area (TPSA) is 57.1 Å². The highest BCUT2D eigenvalue weighted by molar-refractivity contribution is 14.0. The van der Waals surface area contributed by atoms with Crippen LogP contribution in [-0.2, 0) is 13.0 Å². The molecule has 0 bridgehead atoms. The monoisotopic (exact) mass is 465 g/mol. The van der Waals surface area contributed by atoms with Crippen LogP contribution in [0.3, 0.4) is 0 Å². The van der Waals surface area contributed by atoms with Crippen molar-refractivity contribution in [3.63, 3.8) is 0 Å². The van der Waals surface area contributed by atoms with Crippen LogP contribution in [-0.4, -0.2) is 35.1 Å². The van der Waals surface area contributed by atoms with Crippen molar-refractivity contribution in [3.8, 4) is 0 Å². The number of fused-ring (bicyclic) bond motifs is 1. The summed E-state index contributed by atoms with van der Waals surface area (Å²) in [6.45, 7) is 7.64. The number of aliphatic imine (C=N–C) groups is 1. The van der Waals surface area contributed by atoms with Crippen molar-refractivity contribution in [2.24, 2.45) is 4.99 Å². The molecule has 0 fully saturated rings. The SMILES string of the molecule is CCNC(=NCCc1c[nH]c2c(C)cccc12)NCCn1cccc1.I. The summed E-state index contributed by atoms with van der Waals surface area (Å²) in [4.78, 5) is 8.09. The molecule has 0 atom stereocenters. The number of nitrogens with zero attached hydrogens (tertiary/aromatic N) is 2. The lowest BCUT2D eigenvalue weighted by atomic mass is 10.1. The normalized spacial score (nSPS) is 11.4. The number of hydrogen-bond donors (Lipinski definition) is 3. The number of benzene rings is 1. The van der Waals surface area contributed by atoms with Gasteiger partial charge in [-0.2, -0.15) is 0 Å². The number of rotatable bonds is 7. The fraction of sp³-hybridized carbons (Fsp3) is 0.350. The Bertz CT molecular complexity index is 820. The van der Waals surface area contributed by atoms with Crippen LogP contribution in [0.2, 0.25) is 0 Å². The van der Waals surface area contributed by atoms with E-state index in [-0.39, 0.29) is 24.0 Å². The molecular weight excluding hydrogens is 437 g/mol. The van der Waals surface area contributed by atoms with E-state index in [4.69, 9.17) is 4.99 Å². The predicted molar refractivity (Wildman–Crippen MR) is 121 cm³/mol. The first-order valence-corrected chi connectivity index (χ1v) is 8.96. The zero-order chi connectivity index (χ0) is 17.5. The van der Waals surface area contributed by atoms with Gasteiger partial charge in [0.05, 0.1) is 0 Å². The Balaban J connectivity index is 0.00000243. The minimum Gasteiger partial charge on any atom is -0.361 e. The lowest BCUT2D eigenvalue weighted by Gasteiger charge is -2.11. The maximum atomic E-state index is 4.71. The van der Waals surface area contributed by atoms with Crippen molar-refractivity contribution in [1.82, 2.24) is 20.2 Å². The van der Waals surface area contributed by atoms with Gasteiger partial charge in [-0.3, -0.25) is 4.99 Å². The number of aryl methyl sites for hydroxylation is 1. The van der Waals surface area contributed by atoms with Crippen LogP contribution in [0.4, 0.5) is 0 Å². The summed E-state index contributed by atoms with van der Waals surface area (Å²) in [6, 6.07) is 10.5. The Hall–Kier alpha value is -1.96. The minimum atomic E-state index is 0. The van der Waals surface area contributed by atoms with Crippen LogP contribution in [0.15, 0.2) is 53.9 Å². The molecule has 26 heavy (non-hydrogen) atoms. The van der Waals surface area contributed by atoms with Gasteiger partial charge in [-0.1, -0.05) is 18.2 Å². The molecule has 6 heteroatoms. The maximum absolute atomic E-state index is 4.71. The number of H-pyrrole nitrogens is 1. The number of hydrogen-bond acceptors (Lipinski definition) is 1. The van der Waals surface area contributed by atoms with Crippen molar-refractivity contribution < 1.29 is 0 Å². The molecule has 3 N–H and O–H groups in total. The first-order chi connectivity index (χ1) is 12.3. The van der Waals surface area contributed by atoms with Gasteiger partial charge in [0.1, 0.15) is 0 Å². The van der Waals surface area contributed by atoms with E-state index >= 15 is 0 Å². The summed E-state index contributed by atoms with van der Waals surface area (Å²) in [5.41, 5.74) is 3.84. The van der Waals surface area contributed by atoms with Crippen LogP contribution >= 0.6 is 24.0 Å². The van der Waals surface area contributed by atoms with Crippen molar-refractivity contribution in [2.45, 2.75) is 26.8 Å². The largest absolute Gasteiger partial charge is 0.361 e. The molecule has 0 amide bonds. The highest BCUT2D eigenvalue weighted by atomic mass is 127. The Morgan fingerprint density at radius 2 is 1.96 bits per heavy atom. The Kier molecular flexibility index (Phi) is 8.03. The molecule has 0 radical (unpaired) electrons. The molecular formula is C20H28IN5. The number of guanidine groups is 1. The highest BCUT2D eigenvalue weighted by Gasteiger charge is 2.05. The predicted octanol–water partition coefficient (Wildman–Crippen LogP) is 3.69. The van der Waals surface area contributed by atoms with Gasteiger partial charge >= 0.3 is 0 Å².